The van der Waals surface area contributed by atoms with Crippen molar-refractivity contribution in [2.75, 3.05) is 19.7 Å². The minimum atomic E-state index is -0.302. The molecule has 9 heteroatoms. The molecule has 1 aromatic heterocycles. The maximum atomic E-state index is 12.6. The topological polar surface area (TPSA) is 89.3 Å². The molecule has 2 heterocycles. The molecule has 0 bridgehead atoms. The number of halogens is 1. The van der Waals surface area contributed by atoms with Crippen LogP contribution in [0, 0.1) is 6.92 Å². The molecular weight excluding hydrogens is 370 g/mol. The van der Waals surface area contributed by atoms with Crippen molar-refractivity contribution in [1.82, 2.24) is 25.2 Å². The van der Waals surface area contributed by atoms with Gasteiger partial charge in [0.15, 0.2) is 5.69 Å². The SMILES string of the molecule is CCOC(=O)N1CCC(NC(=O)c2nnn(-c3ccc(Cl)cc3)c2C)CC1. The number of nitrogens with one attached hydrogen (secondary N) is 1. The predicted molar refractivity (Wildman–Crippen MR) is 100 cm³/mol. The van der Waals surface area contributed by atoms with Gasteiger partial charge in [-0.05, 0) is 51.0 Å². The minimum absolute atomic E-state index is 0.0109. The van der Waals surface area contributed by atoms with Crippen LogP contribution >= 0.6 is 11.6 Å². The summed E-state index contributed by atoms with van der Waals surface area (Å²) in [6, 6.07) is 7.14. The van der Waals surface area contributed by atoms with Gasteiger partial charge in [0.25, 0.3) is 5.91 Å². The van der Waals surface area contributed by atoms with Gasteiger partial charge in [0, 0.05) is 24.2 Å². The molecule has 1 aromatic carbocycles. The van der Waals surface area contributed by atoms with Crippen LogP contribution in [0.4, 0.5) is 4.79 Å². The number of amides is 2. The molecule has 1 aliphatic rings. The lowest BCUT2D eigenvalue weighted by Crippen LogP contribution is -2.46. The lowest BCUT2D eigenvalue weighted by atomic mass is 10.1. The van der Waals surface area contributed by atoms with Crippen LogP contribution in [0.3, 0.4) is 0 Å². The Hall–Kier alpha value is -2.61. The number of nitrogens with zero attached hydrogens (tertiary/aromatic N) is 4. The average molecular weight is 392 g/mol. The normalized spacial score (nSPS) is 14.9. The third-order valence-corrected chi connectivity index (χ3v) is 4.79. The molecule has 3 rings (SSSR count). The number of hydrogen-bond donors (Lipinski definition) is 1. The van der Waals surface area contributed by atoms with Crippen molar-refractivity contribution in [3.05, 3.63) is 40.7 Å². The number of rotatable bonds is 4. The minimum Gasteiger partial charge on any atom is -0.450 e. The van der Waals surface area contributed by atoms with E-state index in [-0.39, 0.29) is 23.7 Å². The zero-order valence-corrected chi connectivity index (χ0v) is 16.1. The molecule has 0 spiro atoms. The van der Waals surface area contributed by atoms with Crippen LogP contribution < -0.4 is 5.32 Å². The summed E-state index contributed by atoms with van der Waals surface area (Å²) < 4.78 is 6.61. The van der Waals surface area contributed by atoms with Crippen LogP contribution in [0.1, 0.15) is 35.9 Å². The van der Waals surface area contributed by atoms with Crippen molar-refractivity contribution in [3.63, 3.8) is 0 Å². The molecule has 2 amide bonds. The summed E-state index contributed by atoms with van der Waals surface area (Å²) in [7, 11) is 0. The number of ether oxygens (including phenoxy) is 1. The van der Waals surface area contributed by atoms with Gasteiger partial charge >= 0.3 is 6.09 Å². The fourth-order valence-corrected chi connectivity index (χ4v) is 3.17. The van der Waals surface area contributed by atoms with E-state index in [1.54, 1.807) is 35.6 Å². The van der Waals surface area contributed by atoms with Crippen molar-refractivity contribution < 1.29 is 14.3 Å². The second kappa shape index (κ2) is 8.39. The molecule has 1 N–H and O–H groups in total. The molecule has 8 nitrogen and oxygen atoms in total. The van der Waals surface area contributed by atoms with Crippen LogP contribution in [0.5, 0.6) is 0 Å². The maximum Gasteiger partial charge on any atom is 0.409 e. The first-order valence-electron chi connectivity index (χ1n) is 8.90. The molecule has 1 fully saturated rings. The summed E-state index contributed by atoms with van der Waals surface area (Å²) in [5.74, 6) is -0.262. The van der Waals surface area contributed by atoms with E-state index in [1.807, 2.05) is 12.1 Å². The van der Waals surface area contributed by atoms with E-state index in [1.165, 1.54) is 0 Å². The van der Waals surface area contributed by atoms with Crippen molar-refractivity contribution in [2.45, 2.75) is 32.7 Å². The summed E-state index contributed by atoms with van der Waals surface area (Å²) in [4.78, 5) is 26.0. The zero-order valence-electron chi connectivity index (χ0n) is 15.3. The van der Waals surface area contributed by atoms with Crippen LogP contribution in [0.25, 0.3) is 5.69 Å². The van der Waals surface area contributed by atoms with Gasteiger partial charge in [0.1, 0.15) is 0 Å². The van der Waals surface area contributed by atoms with Crippen molar-refractivity contribution >= 4 is 23.6 Å². The van der Waals surface area contributed by atoms with Crippen LogP contribution in [0.15, 0.2) is 24.3 Å². The van der Waals surface area contributed by atoms with E-state index in [2.05, 4.69) is 15.6 Å². The highest BCUT2D eigenvalue weighted by Gasteiger charge is 2.26. The first-order chi connectivity index (χ1) is 13.0. The van der Waals surface area contributed by atoms with Gasteiger partial charge in [-0.3, -0.25) is 4.79 Å². The first kappa shape index (κ1) is 19.2. The fraction of sp³-hybridized carbons (Fsp3) is 0.444. The van der Waals surface area contributed by atoms with E-state index in [0.717, 1.165) is 5.69 Å². The smallest absolute Gasteiger partial charge is 0.409 e. The lowest BCUT2D eigenvalue weighted by molar-refractivity contribution is 0.0856. The Labute approximate surface area is 162 Å². The Bertz CT molecular complexity index is 813. The molecule has 0 radical (unpaired) electrons. The van der Waals surface area contributed by atoms with Gasteiger partial charge in [-0.25, -0.2) is 9.48 Å². The third-order valence-electron chi connectivity index (χ3n) is 4.54. The van der Waals surface area contributed by atoms with Crippen LogP contribution in [-0.4, -0.2) is 57.6 Å². The highest BCUT2D eigenvalue weighted by molar-refractivity contribution is 6.30. The average Bonchev–Trinajstić information content (AvgIpc) is 3.05. The molecule has 0 saturated carbocycles. The maximum absolute atomic E-state index is 12.6. The summed E-state index contributed by atoms with van der Waals surface area (Å²) in [6.07, 6.45) is 1.05. The zero-order chi connectivity index (χ0) is 19.4. The molecule has 0 atom stereocenters. The quantitative estimate of drug-likeness (QED) is 0.865. The van der Waals surface area contributed by atoms with Crippen molar-refractivity contribution in [2.24, 2.45) is 0 Å². The second-order valence-electron chi connectivity index (χ2n) is 6.35. The molecule has 27 heavy (non-hydrogen) atoms. The number of piperidine rings is 1. The summed E-state index contributed by atoms with van der Waals surface area (Å²) in [5.41, 5.74) is 1.72. The number of benzene rings is 1. The Morgan fingerprint density at radius 2 is 1.93 bits per heavy atom. The molecular formula is C18H22ClN5O3. The predicted octanol–water partition coefficient (Wildman–Crippen LogP) is 2.58. The Morgan fingerprint density at radius 1 is 1.26 bits per heavy atom. The number of carbonyl (C=O) groups is 2. The van der Waals surface area contributed by atoms with E-state index >= 15 is 0 Å². The molecule has 2 aromatic rings. The number of likely N-dealkylation sites (tertiary alicyclic amines) is 1. The molecule has 0 unspecified atom stereocenters. The Balaban J connectivity index is 1.61. The third kappa shape index (κ3) is 4.39. The van der Waals surface area contributed by atoms with E-state index in [9.17, 15) is 9.59 Å². The highest BCUT2D eigenvalue weighted by atomic mass is 35.5. The van der Waals surface area contributed by atoms with Crippen molar-refractivity contribution in [3.8, 4) is 5.69 Å². The molecule has 144 valence electrons. The molecule has 0 aliphatic carbocycles. The van der Waals surface area contributed by atoms with Crippen molar-refractivity contribution in [1.29, 1.82) is 0 Å². The monoisotopic (exact) mass is 391 g/mol. The van der Waals surface area contributed by atoms with Gasteiger partial charge in [-0.15, -0.1) is 5.10 Å². The number of carbonyl (C=O) groups excluding carboxylic acids is 2. The van der Waals surface area contributed by atoms with E-state index < -0.39 is 0 Å². The summed E-state index contributed by atoms with van der Waals surface area (Å²) in [6.45, 7) is 5.05. The van der Waals surface area contributed by atoms with E-state index in [0.29, 0.717) is 43.3 Å². The molecule has 1 aliphatic heterocycles. The van der Waals surface area contributed by atoms with Gasteiger partial charge in [0.2, 0.25) is 0 Å². The first-order valence-corrected chi connectivity index (χ1v) is 9.28. The largest absolute Gasteiger partial charge is 0.450 e. The van der Waals surface area contributed by atoms with Gasteiger partial charge in [0.05, 0.1) is 18.0 Å². The van der Waals surface area contributed by atoms with Gasteiger partial charge in [-0.1, -0.05) is 16.8 Å². The van der Waals surface area contributed by atoms with Crippen LogP contribution in [-0.2, 0) is 4.74 Å². The highest BCUT2D eigenvalue weighted by Crippen LogP contribution is 2.17. The number of aromatic nitrogens is 3. The Morgan fingerprint density at radius 3 is 2.56 bits per heavy atom. The fourth-order valence-electron chi connectivity index (χ4n) is 3.04. The van der Waals surface area contributed by atoms with Gasteiger partial charge < -0.3 is 15.0 Å². The standard InChI is InChI=1S/C18H22ClN5O3/c1-3-27-18(26)23-10-8-14(9-11-23)20-17(25)16-12(2)24(22-21-16)15-6-4-13(19)5-7-15/h4-7,14H,3,8-11H2,1-2H3,(H,20,25). The second-order valence-corrected chi connectivity index (χ2v) is 6.78. The molecule has 1 saturated heterocycles. The van der Waals surface area contributed by atoms with Crippen LogP contribution in [0.2, 0.25) is 5.02 Å². The van der Waals surface area contributed by atoms with Gasteiger partial charge in [-0.2, -0.15) is 0 Å². The number of hydrogen-bond acceptors (Lipinski definition) is 5. The Kier molecular flexibility index (Phi) is 5.95. The summed E-state index contributed by atoms with van der Waals surface area (Å²) >= 11 is 5.91. The lowest BCUT2D eigenvalue weighted by Gasteiger charge is -2.31. The van der Waals surface area contributed by atoms with E-state index in [4.69, 9.17) is 16.3 Å². The summed E-state index contributed by atoms with van der Waals surface area (Å²) in [5, 5.41) is 11.7.